The average Bonchev–Trinajstić information content (AvgIpc) is 3.12. The zero-order chi connectivity index (χ0) is 17.4. The molecule has 0 aliphatic carbocycles. The molecule has 1 aliphatic heterocycles. The molecule has 130 valence electrons. The minimum atomic E-state index is -0.429. The van der Waals surface area contributed by atoms with Gasteiger partial charge in [-0.3, -0.25) is 4.79 Å². The highest BCUT2D eigenvalue weighted by Crippen LogP contribution is 2.28. The van der Waals surface area contributed by atoms with Crippen molar-refractivity contribution in [1.82, 2.24) is 20.2 Å². The van der Waals surface area contributed by atoms with Gasteiger partial charge in [-0.1, -0.05) is 24.2 Å². The summed E-state index contributed by atoms with van der Waals surface area (Å²) in [5.74, 6) is 1.53. The summed E-state index contributed by atoms with van der Waals surface area (Å²) in [6, 6.07) is 0. The van der Waals surface area contributed by atoms with E-state index in [9.17, 15) is 4.79 Å². The molecule has 8 nitrogen and oxygen atoms in total. The first kappa shape index (κ1) is 16.6. The van der Waals surface area contributed by atoms with Crippen molar-refractivity contribution in [3.63, 3.8) is 0 Å². The number of hydrogen-bond donors (Lipinski definition) is 0. The summed E-state index contributed by atoms with van der Waals surface area (Å²) in [5, 5.41) is 7.75. The van der Waals surface area contributed by atoms with Crippen LogP contribution in [-0.4, -0.2) is 45.3 Å². The zero-order valence-corrected chi connectivity index (χ0v) is 14.6. The number of nitrogens with zero attached hydrogens (tertiary/aromatic N) is 4. The molecule has 1 fully saturated rings. The second kappa shape index (κ2) is 6.35. The largest absolute Gasteiger partial charge is 0.362 e. The van der Waals surface area contributed by atoms with Gasteiger partial charge in [-0.25, -0.2) is 0 Å². The van der Waals surface area contributed by atoms with E-state index in [0.29, 0.717) is 41.8 Å². The van der Waals surface area contributed by atoms with E-state index in [2.05, 4.69) is 15.3 Å². The molecule has 0 bridgehead atoms. The van der Waals surface area contributed by atoms with Crippen molar-refractivity contribution in [2.75, 3.05) is 13.1 Å². The Bertz CT molecular complexity index is 736. The fourth-order valence-electron chi connectivity index (χ4n) is 2.90. The van der Waals surface area contributed by atoms with Crippen molar-refractivity contribution >= 4 is 5.91 Å². The van der Waals surface area contributed by atoms with Crippen LogP contribution in [0.15, 0.2) is 9.05 Å². The maximum absolute atomic E-state index is 13.0. The Labute approximate surface area is 140 Å². The van der Waals surface area contributed by atoms with Crippen LogP contribution in [-0.2, 0) is 4.74 Å². The number of aromatic nitrogens is 3. The molecule has 0 unspecified atom stereocenters. The van der Waals surface area contributed by atoms with Crippen molar-refractivity contribution in [3.8, 4) is 0 Å². The number of hydrogen-bond acceptors (Lipinski definition) is 7. The fraction of sp³-hybridized carbons (Fsp3) is 0.625. The van der Waals surface area contributed by atoms with Gasteiger partial charge in [0.05, 0.1) is 18.3 Å². The Morgan fingerprint density at radius 2 is 1.96 bits per heavy atom. The monoisotopic (exact) mass is 334 g/mol. The number of aryl methyl sites for hydroxylation is 2. The van der Waals surface area contributed by atoms with Gasteiger partial charge in [-0.15, -0.1) is 0 Å². The highest BCUT2D eigenvalue weighted by molar-refractivity contribution is 5.96. The summed E-state index contributed by atoms with van der Waals surface area (Å²) in [6.45, 7) is 10.2. The van der Waals surface area contributed by atoms with Crippen molar-refractivity contribution in [2.45, 2.75) is 52.7 Å². The number of rotatable bonds is 3. The highest BCUT2D eigenvalue weighted by Gasteiger charge is 2.35. The van der Waals surface area contributed by atoms with Gasteiger partial charge in [0.25, 0.3) is 11.8 Å². The molecule has 0 aromatic carbocycles. The van der Waals surface area contributed by atoms with E-state index >= 15 is 0 Å². The lowest BCUT2D eigenvalue weighted by atomic mass is 10.0. The molecule has 0 N–H and O–H groups in total. The zero-order valence-electron chi connectivity index (χ0n) is 14.6. The van der Waals surface area contributed by atoms with Gasteiger partial charge in [-0.2, -0.15) is 4.98 Å². The molecule has 1 aliphatic rings. The molecule has 24 heavy (non-hydrogen) atoms. The molecule has 0 saturated carbocycles. The second-order valence-corrected chi connectivity index (χ2v) is 6.49. The summed E-state index contributed by atoms with van der Waals surface area (Å²) >= 11 is 0. The first-order chi connectivity index (χ1) is 11.4. The Morgan fingerprint density at radius 1 is 1.21 bits per heavy atom. The van der Waals surface area contributed by atoms with Gasteiger partial charge < -0.3 is 18.7 Å². The molecule has 0 spiro atoms. The number of morpholine rings is 1. The van der Waals surface area contributed by atoms with Crippen molar-refractivity contribution in [3.05, 3.63) is 28.7 Å². The Balaban J connectivity index is 1.86. The number of ether oxygens (including phenoxy) is 1. The summed E-state index contributed by atoms with van der Waals surface area (Å²) in [6.07, 6.45) is -0.566. The third-order valence-corrected chi connectivity index (χ3v) is 3.99. The Hall–Kier alpha value is -2.22. The van der Waals surface area contributed by atoms with Crippen LogP contribution >= 0.6 is 0 Å². The molecule has 3 heterocycles. The summed E-state index contributed by atoms with van der Waals surface area (Å²) in [4.78, 5) is 19.0. The van der Waals surface area contributed by atoms with Gasteiger partial charge in [0.2, 0.25) is 0 Å². The van der Waals surface area contributed by atoms with E-state index in [1.165, 1.54) is 0 Å². The molecule has 8 heteroatoms. The normalized spacial score (nSPS) is 21.5. The third-order valence-electron chi connectivity index (χ3n) is 3.99. The number of carbonyl (C=O) groups excluding carboxylic acids is 1. The topological polar surface area (TPSA) is 94.5 Å². The minimum Gasteiger partial charge on any atom is -0.362 e. The maximum atomic E-state index is 13.0. The summed E-state index contributed by atoms with van der Waals surface area (Å²) in [5.41, 5.74) is 1.15. The molecule has 1 saturated heterocycles. The summed E-state index contributed by atoms with van der Waals surface area (Å²) in [7, 11) is 0. The standard InChI is InChI=1S/C16H22N4O4/c1-8(2)14-13(10(4)18-23-14)16(21)20-6-9(3)22-12(7-20)15-17-11(5)19-24-15/h8-9,12H,6-7H2,1-5H3/t9-,12-/m1/s1. The SMILES string of the molecule is Cc1noc([C@H]2CN(C(=O)c3c(C)noc3C(C)C)C[C@@H](C)O2)n1. The van der Waals surface area contributed by atoms with Crippen molar-refractivity contribution in [1.29, 1.82) is 0 Å². The van der Waals surface area contributed by atoms with Crippen LogP contribution in [0.4, 0.5) is 0 Å². The van der Waals surface area contributed by atoms with Gasteiger partial charge in [0.15, 0.2) is 17.7 Å². The lowest BCUT2D eigenvalue weighted by molar-refractivity contribution is -0.0810. The van der Waals surface area contributed by atoms with Crippen LogP contribution in [0, 0.1) is 13.8 Å². The van der Waals surface area contributed by atoms with Gasteiger partial charge in [0, 0.05) is 12.5 Å². The van der Waals surface area contributed by atoms with Gasteiger partial charge in [0.1, 0.15) is 5.56 Å². The Kier molecular flexibility index (Phi) is 4.40. The van der Waals surface area contributed by atoms with Crippen molar-refractivity contribution < 1.29 is 18.6 Å². The molecule has 2 aromatic rings. The first-order valence-corrected chi connectivity index (χ1v) is 8.08. The van der Waals surface area contributed by atoms with E-state index in [1.807, 2.05) is 20.8 Å². The molecule has 0 radical (unpaired) electrons. The van der Waals surface area contributed by atoms with Gasteiger partial charge >= 0.3 is 0 Å². The number of amides is 1. The average molecular weight is 334 g/mol. The lowest BCUT2D eigenvalue weighted by Crippen LogP contribution is -2.46. The molecular weight excluding hydrogens is 312 g/mol. The minimum absolute atomic E-state index is 0.0815. The molecule has 1 amide bonds. The maximum Gasteiger partial charge on any atom is 0.259 e. The highest BCUT2D eigenvalue weighted by atomic mass is 16.5. The quantitative estimate of drug-likeness (QED) is 0.850. The van der Waals surface area contributed by atoms with Crippen LogP contribution in [0.25, 0.3) is 0 Å². The summed E-state index contributed by atoms with van der Waals surface area (Å²) < 4.78 is 16.4. The molecule has 2 atom stereocenters. The van der Waals surface area contributed by atoms with E-state index in [-0.39, 0.29) is 17.9 Å². The van der Waals surface area contributed by atoms with Crippen LogP contribution in [0.2, 0.25) is 0 Å². The van der Waals surface area contributed by atoms with Gasteiger partial charge in [-0.05, 0) is 20.8 Å². The smallest absolute Gasteiger partial charge is 0.259 e. The van der Waals surface area contributed by atoms with E-state index < -0.39 is 6.10 Å². The second-order valence-electron chi connectivity index (χ2n) is 6.49. The third kappa shape index (κ3) is 3.06. The Morgan fingerprint density at radius 3 is 2.58 bits per heavy atom. The van der Waals surface area contributed by atoms with E-state index in [4.69, 9.17) is 13.8 Å². The molecular formula is C16H22N4O4. The van der Waals surface area contributed by atoms with Crippen LogP contribution in [0.5, 0.6) is 0 Å². The van der Waals surface area contributed by atoms with Crippen LogP contribution in [0.3, 0.4) is 0 Å². The number of carbonyl (C=O) groups is 1. The lowest BCUT2D eigenvalue weighted by Gasteiger charge is -2.35. The first-order valence-electron chi connectivity index (χ1n) is 8.08. The van der Waals surface area contributed by atoms with Crippen molar-refractivity contribution in [2.24, 2.45) is 0 Å². The molecule has 2 aromatic heterocycles. The fourth-order valence-corrected chi connectivity index (χ4v) is 2.90. The molecule has 3 rings (SSSR count). The van der Waals surface area contributed by atoms with Crippen LogP contribution in [0.1, 0.15) is 66.3 Å². The van der Waals surface area contributed by atoms with E-state index in [1.54, 1.807) is 18.7 Å². The predicted molar refractivity (Wildman–Crippen MR) is 83.6 cm³/mol. The van der Waals surface area contributed by atoms with E-state index in [0.717, 1.165) is 0 Å². The van der Waals surface area contributed by atoms with Crippen LogP contribution < -0.4 is 0 Å². The predicted octanol–water partition coefficient (Wildman–Crippen LogP) is 2.40.